The zero-order valence-electron chi connectivity index (χ0n) is 15.3. The molecule has 1 aliphatic rings. The number of hydrogen-bond acceptors (Lipinski definition) is 6. The van der Waals surface area contributed by atoms with E-state index in [1.54, 1.807) is 30.4 Å². The Hall–Kier alpha value is -2.81. The van der Waals surface area contributed by atoms with E-state index in [1.807, 2.05) is 12.2 Å². The summed E-state index contributed by atoms with van der Waals surface area (Å²) >= 11 is 6.20. The second-order valence-electron chi connectivity index (χ2n) is 6.05. The first-order chi connectivity index (χ1) is 13.3. The number of para-hydroxylation sites is 1. The first kappa shape index (κ1) is 19.9. The zero-order chi connectivity index (χ0) is 20.3. The van der Waals surface area contributed by atoms with E-state index in [1.165, 1.54) is 26.4 Å². The van der Waals surface area contributed by atoms with Gasteiger partial charge >= 0.3 is 0 Å². The SMILES string of the molecule is C=C1C=CC(=Nc2ncc(Cl)c(Nc3ccccc3S(=O)(=O)N(C)C)n2)C=C1. The van der Waals surface area contributed by atoms with Gasteiger partial charge in [-0.2, -0.15) is 4.98 Å². The number of allylic oxidation sites excluding steroid dienone is 5. The van der Waals surface area contributed by atoms with E-state index >= 15 is 0 Å². The van der Waals surface area contributed by atoms with E-state index in [2.05, 4.69) is 26.9 Å². The Morgan fingerprint density at radius 3 is 2.50 bits per heavy atom. The first-order valence-electron chi connectivity index (χ1n) is 8.22. The average Bonchev–Trinajstić information content (AvgIpc) is 2.66. The van der Waals surface area contributed by atoms with Crippen molar-refractivity contribution in [2.75, 3.05) is 19.4 Å². The van der Waals surface area contributed by atoms with Crippen LogP contribution in [0.4, 0.5) is 17.5 Å². The van der Waals surface area contributed by atoms with Crippen molar-refractivity contribution >= 4 is 44.8 Å². The van der Waals surface area contributed by atoms with Gasteiger partial charge in [-0.1, -0.05) is 42.5 Å². The monoisotopic (exact) mass is 415 g/mol. The highest BCUT2D eigenvalue weighted by Gasteiger charge is 2.21. The number of nitrogens with one attached hydrogen (secondary N) is 1. The number of benzene rings is 1. The van der Waals surface area contributed by atoms with Crippen LogP contribution in [0.5, 0.6) is 0 Å². The first-order valence-corrected chi connectivity index (χ1v) is 10.0. The molecule has 0 spiro atoms. The van der Waals surface area contributed by atoms with Crippen LogP contribution in [0.3, 0.4) is 0 Å². The quantitative estimate of drug-likeness (QED) is 0.800. The molecule has 1 aliphatic carbocycles. The van der Waals surface area contributed by atoms with E-state index < -0.39 is 10.0 Å². The van der Waals surface area contributed by atoms with Crippen molar-refractivity contribution in [3.8, 4) is 0 Å². The van der Waals surface area contributed by atoms with Gasteiger partial charge < -0.3 is 5.32 Å². The summed E-state index contributed by atoms with van der Waals surface area (Å²) in [7, 11) is -0.708. The van der Waals surface area contributed by atoms with Gasteiger partial charge in [-0.25, -0.2) is 22.7 Å². The van der Waals surface area contributed by atoms with Crippen LogP contribution in [0.25, 0.3) is 0 Å². The molecule has 28 heavy (non-hydrogen) atoms. The maximum atomic E-state index is 12.6. The molecule has 0 radical (unpaired) electrons. The predicted molar refractivity (Wildman–Crippen MR) is 112 cm³/mol. The van der Waals surface area contributed by atoms with Gasteiger partial charge in [-0.3, -0.25) is 0 Å². The summed E-state index contributed by atoms with van der Waals surface area (Å²) in [5.41, 5.74) is 1.89. The third kappa shape index (κ3) is 4.36. The van der Waals surface area contributed by atoms with Crippen molar-refractivity contribution in [1.29, 1.82) is 0 Å². The van der Waals surface area contributed by atoms with Crippen LogP contribution in [0, 0.1) is 0 Å². The van der Waals surface area contributed by atoms with Crippen LogP contribution in [-0.2, 0) is 10.0 Å². The average molecular weight is 416 g/mol. The number of anilines is 2. The van der Waals surface area contributed by atoms with Crippen molar-refractivity contribution in [3.63, 3.8) is 0 Å². The largest absolute Gasteiger partial charge is 0.338 e. The molecule has 1 heterocycles. The molecule has 0 amide bonds. The number of hydrogen-bond donors (Lipinski definition) is 1. The predicted octanol–water partition coefficient (Wildman–Crippen LogP) is 3.88. The molecule has 1 aromatic heterocycles. The number of nitrogens with zero attached hydrogens (tertiary/aromatic N) is 4. The summed E-state index contributed by atoms with van der Waals surface area (Å²) in [5.74, 6) is 0.447. The van der Waals surface area contributed by atoms with Crippen molar-refractivity contribution in [1.82, 2.24) is 14.3 Å². The van der Waals surface area contributed by atoms with Crippen LogP contribution in [0.1, 0.15) is 0 Å². The maximum absolute atomic E-state index is 12.6. The molecule has 0 aliphatic heterocycles. The summed E-state index contributed by atoms with van der Waals surface area (Å²) in [5, 5.41) is 3.22. The van der Waals surface area contributed by atoms with Gasteiger partial charge in [0, 0.05) is 14.1 Å². The van der Waals surface area contributed by atoms with E-state index in [0.29, 0.717) is 11.4 Å². The molecule has 7 nitrogen and oxygen atoms in total. The van der Waals surface area contributed by atoms with Gasteiger partial charge in [0.15, 0.2) is 5.82 Å². The maximum Gasteiger partial charge on any atom is 0.251 e. The second-order valence-corrected chi connectivity index (χ2v) is 8.58. The highest BCUT2D eigenvalue weighted by atomic mass is 35.5. The normalized spacial score (nSPS) is 13.9. The minimum absolute atomic E-state index is 0.110. The van der Waals surface area contributed by atoms with Gasteiger partial charge in [0.2, 0.25) is 10.0 Å². The van der Waals surface area contributed by atoms with Gasteiger partial charge in [0.1, 0.15) is 9.92 Å². The van der Waals surface area contributed by atoms with E-state index in [4.69, 9.17) is 11.6 Å². The van der Waals surface area contributed by atoms with E-state index in [-0.39, 0.29) is 21.7 Å². The Labute approximate surface area is 168 Å². The Balaban J connectivity index is 1.97. The lowest BCUT2D eigenvalue weighted by Crippen LogP contribution is -2.23. The molecule has 9 heteroatoms. The molecule has 1 N–H and O–H groups in total. The topological polar surface area (TPSA) is 87.5 Å². The fourth-order valence-electron chi connectivity index (χ4n) is 2.30. The molecule has 3 rings (SSSR count). The zero-order valence-corrected chi connectivity index (χ0v) is 16.9. The second kappa shape index (κ2) is 8.05. The van der Waals surface area contributed by atoms with Crippen LogP contribution in [0.2, 0.25) is 5.02 Å². The molecule has 2 aromatic rings. The number of sulfonamides is 1. The van der Waals surface area contributed by atoms with Crippen LogP contribution in [0.15, 0.2) is 76.8 Å². The number of aromatic nitrogens is 2. The Morgan fingerprint density at radius 1 is 1.14 bits per heavy atom. The summed E-state index contributed by atoms with van der Waals surface area (Å²) in [6.07, 6.45) is 8.67. The Morgan fingerprint density at radius 2 is 1.82 bits per heavy atom. The Bertz CT molecular complexity index is 1100. The minimum atomic E-state index is -3.65. The highest BCUT2D eigenvalue weighted by molar-refractivity contribution is 7.89. The molecule has 1 aromatic carbocycles. The molecule has 0 bridgehead atoms. The van der Waals surface area contributed by atoms with Gasteiger partial charge in [0.05, 0.1) is 17.6 Å². The highest BCUT2D eigenvalue weighted by Crippen LogP contribution is 2.29. The molecule has 0 saturated heterocycles. The van der Waals surface area contributed by atoms with E-state index in [9.17, 15) is 8.42 Å². The summed E-state index contributed by atoms with van der Waals surface area (Å²) < 4.78 is 26.3. The molecule has 0 fully saturated rings. The van der Waals surface area contributed by atoms with Gasteiger partial charge in [-0.15, -0.1) is 0 Å². The number of aliphatic imine (C=N–C) groups is 1. The van der Waals surface area contributed by atoms with Crippen molar-refractivity contribution in [2.45, 2.75) is 4.90 Å². The smallest absolute Gasteiger partial charge is 0.251 e. The minimum Gasteiger partial charge on any atom is -0.338 e. The van der Waals surface area contributed by atoms with Gasteiger partial charge in [0.25, 0.3) is 5.95 Å². The molecule has 144 valence electrons. The fourth-order valence-corrected chi connectivity index (χ4v) is 3.48. The lowest BCUT2D eigenvalue weighted by molar-refractivity contribution is 0.521. The Kier molecular flexibility index (Phi) is 5.73. The third-order valence-corrected chi connectivity index (χ3v) is 5.95. The van der Waals surface area contributed by atoms with Crippen molar-refractivity contribution in [2.24, 2.45) is 4.99 Å². The van der Waals surface area contributed by atoms with Crippen molar-refractivity contribution in [3.05, 3.63) is 71.9 Å². The van der Waals surface area contributed by atoms with Crippen LogP contribution in [-0.4, -0.2) is 42.5 Å². The number of halogens is 1. The lowest BCUT2D eigenvalue weighted by atomic mass is 10.1. The fraction of sp³-hybridized carbons (Fsp3) is 0.105. The molecule has 0 atom stereocenters. The van der Waals surface area contributed by atoms with E-state index in [0.717, 1.165) is 9.88 Å². The number of rotatable bonds is 5. The van der Waals surface area contributed by atoms with Crippen LogP contribution >= 0.6 is 11.6 Å². The van der Waals surface area contributed by atoms with Crippen LogP contribution < -0.4 is 5.32 Å². The lowest BCUT2D eigenvalue weighted by Gasteiger charge is -2.16. The molecular weight excluding hydrogens is 398 g/mol. The summed E-state index contributed by atoms with van der Waals surface area (Å²) in [6.45, 7) is 3.83. The standard InChI is InChI=1S/C19H18ClN5O2S/c1-13-8-10-14(11-9-13)22-19-21-12-15(20)18(24-19)23-16-6-4-5-7-17(16)28(26,27)25(2)3/h4-12H,1H2,2-3H3,(H,21,23,24). The van der Waals surface area contributed by atoms with Gasteiger partial charge in [-0.05, 0) is 29.9 Å². The molecular formula is C19H18ClN5O2S. The third-order valence-electron chi connectivity index (χ3n) is 3.80. The summed E-state index contributed by atoms with van der Waals surface area (Å²) in [4.78, 5) is 12.9. The molecule has 0 saturated carbocycles. The summed E-state index contributed by atoms with van der Waals surface area (Å²) in [6, 6.07) is 6.52. The molecule has 0 unspecified atom stereocenters. The van der Waals surface area contributed by atoms with Crippen molar-refractivity contribution < 1.29 is 8.42 Å².